The van der Waals surface area contributed by atoms with Gasteiger partial charge in [0, 0.05) is 6.54 Å². The molecule has 106 valence electrons. The van der Waals surface area contributed by atoms with Gasteiger partial charge in [-0.25, -0.2) is 0 Å². The lowest BCUT2D eigenvalue weighted by atomic mass is 9.86. The molecule has 1 rings (SSSR count). The van der Waals surface area contributed by atoms with Crippen molar-refractivity contribution < 1.29 is 9.90 Å². The van der Waals surface area contributed by atoms with E-state index in [9.17, 15) is 4.79 Å². The van der Waals surface area contributed by atoms with Gasteiger partial charge in [-0.05, 0) is 61.8 Å². The van der Waals surface area contributed by atoms with E-state index in [2.05, 4.69) is 39.8 Å². The van der Waals surface area contributed by atoms with Crippen LogP contribution in [0, 0.1) is 32.6 Å². The number of carbonyl (C=O) groups is 1. The third-order valence-corrected chi connectivity index (χ3v) is 3.98. The Hall–Kier alpha value is -1.35. The molecule has 3 N–H and O–H groups in total. The summed E-state index contributed by atoms with van der Waals surface area (Å²) in [5.74, 6) is -0.892. The van der Waals surface area contributed by atoms with Crippen molar-refractivity contribution in [1.29, 1.82) is 0 Å². The Kier molecular flexibility index (Phi) is 5.55. The molecule has 19 heavy (non-hydrogen) atoms. The third kappa shape index (κ3) is 4.06. The number of aryl methyl sites for hydroxylation is 2. The summed E-state index contributed by atoms with van der Waals surface area (Å²) in [4.78, 5) is 11.0. The predicted molar refractivity (Wildman–Crippen MR) is 78.3 cm³/mol. The van der Waals surface area contributed by atoms with E-state index in [0.717, 1.165) is 6.42 Å². The second-order valence-electron chi connectivity index (χ2n) is 5.62. The first-order valence-corrected chi connectivity index (χ1v) is 6.85. The van der Waals surface area contributed by atoms with Gasteiger partial charge in [0.05, 0.1) is 5.92 Å². The van der Waals surface area contributed by atoms with E-state index >= 15 is 0 Å². The van der Waals surface area contributed by atoms with Crippen LogP contribution >= 0.6 is 0 Å². The Morgan fingerprint density at radius 2 is 1.84 bits per heavy atom. The van der Waals surface area contributed by atoms with Crippen LogP contribution in [-0.4, -0.2) is 17.6 Å². The fraction of sp³-hybridized carbons (Fsp3) is 0.562. The Labute approximate surface area is 115 Å². The molecule has 1 aromatic carbocycles. The summed E-state index contributed by atoms with van der Waals surface area (Å²) in [6, 6.07) is 4.28. The van der Waals surface area contributed by atoms with Gasteiger partial charge in [0.15, 0.2) is 0 Å². The van der Waals surface area contributed by atoms with Crippen LogP contribution in [0.15, 0.2) is 12.1 Å². The average Bonchev–Trinajstić information content (AvgIpc) is 2.36. The van der Waals surface area contributed by atoms with E-state index in [1.807, 2.05) is 0 Å². The summed E-state index contributed by atoms with van der Waals surface area (Å²) >= 11 is 0. The zero-order valence-electron chi connectivity index (χ0n) is 12.4. The lowest BCUT2D eigenvalue weighted by molar-refractivity contribution is -0.141. The molecule has 3 heteroatoms. The summed E-state index contributed by atoms with van der Waals surface area (Å²) < 4.78 is 0. The Bertz CT molecular complexity index is 454. The second kappa shape index (κ2) is 6.71. The number of benzene rings is 1. The highest BCUT2D eigenvalue weighted by atomic mass is 16.4. The van der Waals surface area contributed by atoms with E-state index < -0.39 is 11.9 Å². The molecule has 0 radical (unpaired) electrons. The highest BCUT2D eigenvalue weighted by molar-refractivity contribution is 5.70. The molecule has 0 heterocycles. The first-order valence-electron chi connectivity index (χ1n) is 6.85. The molecule has 3 nitrogen and oxygen atoms in total. The fourth-order valence-electron chi connectivity index (χ4n) is 2.54. The van der Waals surface area contributed by atoms with Crippen molar-refractivity contribution in [2.45, 2.75) is 40.5 Å². The minimum absolute atomic E-state index is 0.214. The molecule has 0 bridgehead atoms. The van der Waals surface area contributed by atoms with Crippen molar-refractivity contribution in [2.24, 2.45) is 17.6 Å². The van der Waals surface area contributed by atoms with Gasteiger partial charge in [-0.3, -0.25) is 4.79 Å². The number of hydrogen-bond donors (Lipinski definition) is 2. The molecule has 0 aliphatic heterocycles. The van der Waals surface area contributed by atoms with Crippen molar-refractivity contribution in [3.8, 4) is 0 Å². The molecule has 0 saturated carbocycles. The molecular formula is C16H25NO2. The summed E-state index contributed by atoms with van der Waals surface area (Å²) in [5.41, 5.74) is 10.8. The lowest BCUT2D eigenvalue weighted by Crippen LogP contribution is -2.25. The van der Waals surface area contributed by atoms with Crippen molar-refractivity contribution in [3.63, 3.8) is 0 Å². The highest BCUT2D eigenvalue weighted by Crippen LogP contribution is 2.24. The summed E-state index contributed by atoms with van der Waals surface area (Å²) in [6.07, 6.45) is 1.56. The molecule has 2 atom stereocenters. The van der Waals surface area contributed by atoms with Crippen molar-refractivity contribution >= 4 is 5.97 Å². The first kappa shape index (κ1) is 15.7. The third-order valence-electron chi connectivity index (χ3n) is 3.98. The molecule has 1 aromatic rings. The largest absolute Gasteiger partial charge is 0.481 e. The molecular weight excluding hydrogens is 238 g/mol. The van der Waals surface area contributed by atoms with Crippen LogP contribution in [0.4, 0.5) is 0 Å². The average molecular weight is 263 g/mol. The van der Waals surface area contributed by atoms with Gasteiger partial charge < -0.3 is 10.8 Å². The minimum atomic E-state index is -0.785. The Morgan fingerprint density at radius 3 is 2.37 bits per heavy atom. The summed E-state index contributed by atoms with van der Waals surface area (Å²) in [7, 11) is 0. The van der Waals surface area contributed by atoms with Crippen molar-refractivity contribution in [2.75, 3.05) is 6.54 Å². The van der Waals surface area contributed by atoms with Gasteiger partial charge in [-0.15, -0.1) is 0 Å². The number of carboxylic acid groups (broad SMARTS) is 1. The summed E-state index contributed by atoms with van der Waals surface area (Å²) in [6.45, 7) is 8.69. The molecule has 0 aliphatic carbocycles. The quantitative estimate of drug-likeness (QED) is 0.829. The van der Waals surface area contributed by atoms with E-state index in [-0.39, 0.29) is 6.54 Å². The van der Waals surface area contributed by atoms with E-state index in [1.54, 1.807) is 0 Å². The van der Waals surface area contributed by atoms with Gasteiger partial charge >= 0.3 is 5.97 Å². The van der Waals surface area contributed by atoms with Gasteiger partial charge in [0.25, 0.3) is 0 Å². The van der Waals surface area contributed by atoms with Crippen molar-refractivity contribution in [3.05, 3.63) is 34.4 Å². The Morgan fingerprint density at radius 1 is 1.26 bits per heavy atom. The molecule has 0 spiro atoms. The SMILES string of the molecule is Cc1ccc(C)c(CC(C)CC(CN)C(=O)O)c1C. The van der Waals surface area contributed by atoms with E-state index in [1.165, 1.54) is 22.3 Å². The molecule has 0 saturated heterocycles. The second-order valence-corrected chi connectivity index (χ2v) is 5.62. The number of rotatable bonds is 6. The zero-order valence-corrected chi connectivity index (χ0v) is 12.4. The van der Waals surface area contributed by atoms with Crippen LogP contribution in [0.1, 0.15) is 35.6 Å². The van der Waals surface area contributed by atoms with Crippen LogP contribution in [0.5, 0.6) is 0 Å². The molecule has 0 amide bonds. The lowest BCUT2D eigenvalue weighted by Gasteiger charge is -2.19. The monoisotopic (exact) mass is 263 g/mol. The number of carboxylic acids is 1. The van der Waals surface area contributed by atoms with Crippen LogP contribution in [-0.2, 0) is 11.2 Å². The van der Waals surface area contributed by atoms with Crippen LogP contribution in [0.25, 0.3) is 0 Å². The standard InChI is InChI=1S/C16H25NO2/c1-10(7-14(9-17)16(18)19)8-15-12(3)6-5-11(2)13(15)4/h5-6,10,14H,7-9,17H2,1-4H3,(H,18,19). The van der Waals surface area contributed by atoms with E-state index in [4.69, 9.17) is 10.8 Å². The van der Waals surface area contributed by atoms with Crippen LogP contribution in [0.3, 0.4) is 0 Å². The predicted octanol–water partition coefficient (Wildman–Crippen LogP) is 2.84. The number of hydrogen-bond acceptors (Lipinski definition) is 2. The first-order chi connectivity index (χ1) is 8.86. The maximum atomic E-state index is 11.0. The van der Waals surface area contributed by atoms with Crippen LogP contribution < -0.4 is 5.73 Å². The molecule has 0 aliphatic rings. The minimum Gasteiger partial charge on any atom is -0.481 e. The van der Waals surface area contributed by atoms with Gasteiger partial charge in [-0.2, -0.15) is 0 Å². The van der Waals surface area contributed by atoms with E-state index in [0.29, 0.717) is 12.3 Å². The smallest absolute Gasteiger partial charge is 0.307 e. The topological polar surface area (TPSA) is 63.3 Å². The maximum absolute atomic E-state index is 11.0. The highest BCUT2D eigenvalue weighted by Gasteiger charge is 2.20. The van der Waals surface area contributed by atoms with Crippen molar-refractivity contribution in [1.82, 2.24) is 0 Å². The Balaban J connectivity index is 2.80. The normalized spacial score (nSPS) is 14.2. The molecule has 2 unspecified atom stereocenters. The number of aliphatic carboxylic acids is 1. The number of nitrogens with two attached hydrogens (primary N) is 1. The van der Waals surface area contributed by atoms with Gasteiger partial charge in [0.1, 0.15) is 0 Å². The van der Waals surface area contributed by atoms with Crippen LogP contribution in [0.2, 0.25) is 0 Å². The molecule has 0 aromatic heterocycles. The van der Waals surface area contributed by atoms with Gasteiger partial charge in [-0.1, -0.05) is 19.1 Å². The maximum Gasteiger partial charge on any atom is 0.307 e. The fourth-order valence-corrected chi connectivity index (χ4v) is 2.54. The molecule has 0 fully saturated rings. The zero-order chi connectivity index (χ0) is 14.6. The van der Waals surface area contributed by atoms with Gasteiger partial charge in [0.2, 0.25) is 0 Å². The summed E-state index contributed by atoms with van der Waals surface area (Å²) in [5, 5.41) is 9.06.